The van der Waals surface area contributed by atoms with E-state index in [1.165, 1.54) is 22.3 Å². The van der Waals surface area contributed by atoms with E-state index in [4.69, 9.17) is 0 Å². The average Bonchev–Trinajstić information content (AvgIpc) is 2.33. The maximum Gasteiger partial charge on any atom is 0.0175 e. The van der Waals surface area contributed by atoms with E-state index in [1.54, 1.807) is 0 Å². The third-order valence-corrected chi connectivity index (χ3v) is 3.93. The highest BCUT2D eigenvalue weighted by Gasteiger charge is 2.08. The smallest absolute Gasteiger partial charge is 0.0175 e. The van der Waals surface area contributed by atoms with Gasteiger partial charge in [-0.25, -0.2) is 0 Å². The molecule has 0 aliphatic carbocycles. The molecule has 1 unspecified atom stereocenters. The fraction of sp³-hybridized carbons (Fsp3) is 0.250. The minimum absolute atomic E-state index is 0.447. The standard InChI is InChI=1S/C16H17Br/c1-11-4-5-15(10-12(11)2)13(3)14-6-8-16(17)9-7-14/h4-10,13H,1-3H3. The summed E-state index contributed by atoms with van der Waals surface area (Å²) in [6, 6.07) is 15.3. The monoisotopic (exact) mass is 288 g/mol. The summed E-state index contributed by atoms with van der Waals surface area (Å²) in [5, 5.41) is 0. The SMILES string of the molecule is Cc1ccc(C(C)c2ccc(Br)cc2)cc1C. The van der Waals surface area contributed by atoms with Crippen LogP contribution in [0.2, 0.25) is 0 Å². The summed E-state index contributed by atoms with van der Waals surface area (Å²) in [7, 11) is 0. The number of hydrogen-bond acceptors (Lipinski definition) is 0. The van der Waals surface area contributed by atoms with Gasteiger partial charge < -0.3 is 0 Å². The lowest BCUT2D eigenvalue weighted by molar-refractivity contribution is 0.918. The van der Waals surface area contributed by atoms with E-state index >= 15 is 0 Å². The summed E-state index contributed by atoms with van der Waals surface area (Å²) < 4.78 is 1.13. The summed E-state index contributed by atoms with van der Waals surface area (Å²) in [4.78, 5) is 0. The molecule has 1 atom stereocenters. The molecule has 0 spiro atoms. The highest BCUT2D eigenvalue weighted by Crippen LogP contribution is 2.26. The fourth-order valence-electron chi connectivity index (χ4n) is 1.98. The van der Waals surface area contributed by atoms with Gasteiger partial charge in [0.05, 0.1) is 0 Å². The third kappa shape index (κ3) is 2.78. The van der Waals surface area contributed by atoms with Crippen LogP contribution < -0.4 is 0 Å². The summed E-state index contributed by atoms with van der Waals surface area (Å²) in [6.07, 6.45) is 0. The quantitative estimate of drug-likeness (QED) is 0.711. The molecule has 2 rings (SSSR count). The zero-order valence-corrected chi connectivity index (χ0v) is 12.1. The molecular formula is C16H17Br. The minimum Gasteiger partial charge on any atom is -0.0588 e. The van der Waals surface area contributed by atoms with Gasteiger partial charge >= 0.3 is 0 Å². The molecular weight excluding hydrogens is 272 g/mol. The molecule has 0 aromatic heterocycles. The number of hydrogen-bond donors (Lipinski definition) is 0. The van der Waals surface area contributed by atoms with Crippen LogP contribution in [0.3, 0.4) is 0 Å². The van der Waals surface area contributed by atoms with E-state index in [0.717, 1.165) is 4.47 Å². The van der Waals surface area contributed by atoms with E-state index in [9.17, 15) is 0 Å². The lowest BCUT2D eigenvalue weighted by Crippen LogP contribution is -1.97. The first kappa shape index (κ1) is 12.4. The second kappa shape index (κ2) is 5.05. The Morgan fingerprint density at radius 1 is 0.824 bits per heavy atom. The molecule has 0 saturated carbocycles. The Labute approximate surface area is 112 Å². The molecule has 0 heterocycles. The fourth-order valence-corrected chi connectivity index (χ4v) is 2.24. The molecule has 2 aromatic carbocycles. The van der Waals surface area contributed by atoms with Gasteiger partial charge in [-0.15, -0.1) is 0 Å². The van der Waals surface area contributed by atoms with Crippen molar-refractivity contribution in [3.63, 3.8) is 0 Å². The Balaban J connectivity index is 2.33. The summed E-state index contributed by atoms with van der Waals surface area (Å²) in [5.41, 5.74) is 5.47. The van der Waals surface area contributed by atoms with Crippen LogP contribution in [-0.2, 0) is 0 Å². The number of rotatable bonds is 2. The summed E-state index contributed by atoms with van der Waals surface area (Å²) in [5.74, 6) is 0.447. The molecule has 0 fully saturated rings. The van der Waals surface area contributed by atoms with Crippen LogP contribution in [0.25, 0.3) is 0 Å². The summed E-state index contributed by atoms with van der Waals surface area (Å²) >= 11 is 3.47. The Morgan fingerprint density at radius 3 is 2.00 bits per heavy atom. The molecule has 0 aliphatic rings. The number of halogens is 1. The van der Waals surface area contributed by atoms with E-state index in [0.29, 0.717) is 5.92 Å². The van der Waals surface area contributed by atoms with Crippen LogP contribution in [0, 0.1) is 13.8 Å². The van der Waals surface area contributed by atoms with Crippen LogP contribution in [0.15, 0.2) is 46.9 Å². The second-order valence-electron chi connectivity index (χ2n) is 4.62. The molecule has 17 heavy (non-hydrogen) atoms. The lowest BCUT2D eigenvalue weighted by atomic mass is 9.91. The normalized spacial score (nSPS) is 12.5. The van der Waals surface area contributed by atoms with Crippen molar-refractivity contribution < 1.29 is 0 Å². The Morgan fingerprint density at radius 2 is 1.41 bits per heavy atom. The molecule has 1 heteroatoms. The molecule has 0 nitrogen and oxygen atoms in total. The van der Waals surface area contributed by atoms with Crippen molar-refractivity contribution in [1.82, 2.24) is 0 Å². The van der Waals surface area contributed by atoms with Crippen molar-refractivity contribution in [3.05, 3.63) is 69.2 Å². The van der Waals surface area contributed by atoms with E-state index in [-0.39, 0.29) is 0 Å². The lowest BCUT2D eigenvalue weighted by Gasteiger charge is -2.14. The Hall–Kier alpha value is -1.08. The van der Waals surface area contributed by atoms with Crippen molar-refractivity contribution in [2.24, 2.45) is 0 Å². The maximum atomic E-state index is 3.47. The number of aryl methyl sites for hydroxylation is 2. The Bertz CT molecular complexity index is 512. The number of benzene rings is 2. The molecule has 0 amide bonds. The van der Waals surface area contributed by atoms with Crippen molar-refractivity contribution in [1.29, 1.82) is 0 Å². The molecule has 0 radical (unpaired) electrons. The second-order valence-corrected chi connectivity index (χ2v) is 5.53. The van der Waals surface area contributed by atoms with Gasteiger partial charge in [0.1, 0.15) is 0 Å². The van der Waals surface area contributed by atoms with Crippen LogP contribution in [0.1, 0.15) is 35.1 Å². The molecule has 0 bridgehead atoms. The molecule has 0 N–H and O–H groups in total. The largest absolute Gasteiger partial charge is 0.0588 e. The third-order valence-electron chi connectivity index (χ3n) is 3.40. The van der Waals surface area contributed by atoms with Gasteiger partial charge in [0.2, 0.25) is 0 Å². The van der Waals surface area contributed by atoms with Gasteiger partial charge in [-0.1, -0.05) is 53.2 Å². The topological polar surface area (TPSA) is 0 Å². The van der Waals surface area contributed by atoms with Crippen LogP contribution >= 0.6 is 15.9 Å². The summed E-state index contributed by atoms with van der Waals surface area (Å²) in [6.45, 7) is 6.59. The van der Waals surface area contributed by atoms with Gasteiger partial charge in [-0.2, -0.15) is 0 Å². The average molecular weight is 289 g/mol. The predicted molar refractivity (Wildman–Crippen MR) is 77.6 cm³/mol. The van der Waals surface area contributed by atoms with Gasteiger partial charge in [-0.05, 0) is 48.2 Å². The van der Waals surface area contributed by atoms with E-state index in [2.05, 4.69) is 79.2 Å². The van der Waals surface area contributed by atoms with Crippen molar-refractivity contribution in [3.8, 4) is 0 Å². The maximum absolute atomic E-state index is 3.47. The van der Waals surface area contributed by atoms with E-state index in [1.807, 2.05) is 0 Å². The Kier molecular flexibility index (Phi) is 3.68. The van der Waals surface area contributed by atoms with E-state index < -0.39 is 0 Å². The minimum atomic E-state index is 0.447. The van der Waals surface area contributed by atoms with Crippen molar-refractivity contribution in [2.75, 3.05) is 0 Å². The first-order valence-corrected chi connectivity index (χ1v) is 6.70. The molecule has 88 valence electrons. The van der Waals surface area contributed by atoms with Gasteiger partial charge in [0, 0.05) is 10.4 Å². The first-order valence-electron chi connectivity index (χ1n) is 5.90. The predicted octanol–water partition coefficient (Wildman–Crippen LogP) is 5.22. The first-order chi connectivity index (χ1) is 8.08. The zero-order chi connectivity index (χ0) is 12.4. The van der Waals surface area contributed by atoms with Crippen molar-refractivity contribution in [2.45, 2.75) is 26.7 Å². The zero-order valence-electron chi connectivity index (χ0n) is 10.5. The van der Waals surface area contributed by atoms with Gasteiger partial charge in [-0.3, -0.25) is 0 Å². The van der Waals surface area contributed by atoms with Crippen LogP contribution in [0.5, 0.6) is 0 Å². The van der Waals surface area contributed by atoms with Crippen molar-refractivity contribution >= 4 is 15.9 Å². The van der Waals surface area contributed by atoms with Crippen LogP contribution in [-0.4, -0.2) is 0 Å². The van der Waals surface area contributed by atoms with Gasteiger partial charge in [0.25, 0.3) is 0 Å². The highest BCUT2D eigenvalue weighted by atomic mass is 79.9. The molecule has 0 saturated heterocycles. The van der Waals surface area contributed by atoms with Gasteiger partial charge in [0.15, 0.2) is 0 Å². The molecule has 2 aromatic rings. The van der Waals surface area contributed by atoms with Crippen LogP contribution in [0.4, 0.5) is 0 Å². The highest BCUT2D eigenvalue weighted by molar-refractivity contribution is 9.10. The molecule has 0 aliphatic heterocycles.